The summed E-state index contributed by atoms with van der Waals surface area (Å²) < 4.78 is 17.3. The molecule has 0 radical (unpaired) electrons. The number of ether oxygens (including phenoxy) is 2. The van der Waals surface area contributed by atoms with Crippen molar-refractivity contribution >= 4 is 14.4 Å². The number of nitrogens with one attached hydrogen (secondary N) is 1. The Balaban J connectivity index is 2.60. The van der Waals surface area contributed by atoms with Crippen molar-refractivity contribution in [2.24, 2.45) is 5.92 Å². The van der Waals surface area contributed by atoms with Crippen molar-refractivity contribution in [2.75, 3.05) is 19.8 Å². The highest BCUT2D eigenvalue weighted by Gasteiger charge is 2.39. The molecule has 0 saturated carbocycles. The Kier molecular flexibility index (Phi) is 6.70. The summed E-state index contributed by atoms with van der Waals surface area (Å²) in [4.78, 5) is 12.0. The third-order valence-electron chi connectivity index (χ3n) is 4.64. The minimum Gasteiger partial charge on any atom is -0.444 e. The number of hydrogen-bond donors (Lipinski definition) is 1. The van der Waals surface area contributed by atoms with Crippen LogP contribution in [0.4, 0.5) is 4.79 Å². The molecule has 5 nitrogen and oxygen atoms in total. The van der Waals surface area contributed by atoms with E-state index in [1.54, 1.807) is 0 Å². The second kappa shape index (κ2) is 7.53. The maximum atomic E-state index is 12.0. The lowest BCUT2D eigenvalue weighted by molar-refractivity contribution is 0.00264. The van der Waals surface area contributed by atoms with E-state index in [2.05, 4.69) is 39.2 Å². The van der Waals surface area contributed by atoms with Crippen LogP contribution in [0.5, 0.6) is 0 Å². The molecule has 1 saturated heterocycles. The Morgan fingerprint density at radius 3 is 2.35 bits per heavy atom. The highest BCUT2D eigenvalue weighted by Crippen LogP contribution is 2.37. The monoisotopic (exact) mass is 345 g/mol. The van der Waals surface area contributed by atoms with Crippen molar-refractivity contribution in [3.63, 3.8) is 0 Å². The predicted molar refractivity (Wildman–Crippen MR) is 95.2 cm³/mol. The topological polar surface area (TPSA) is 56.8 Å². The van der Waals surface area contributed by atoms with Crippen LogP contribution in [0.2, 0.25) is 18.1 Å². The summed E-state index contributed by atoms with van der Waals surface area (Å²) in [7, 11) is -1.80. The molecule has 2 atom stereocenters. The number of carbonyl (C=O) groups excluding carboxylic acids is 1. The molecule has 1 fully saturated rings. The van der Waals surface area contributed by atoms with Gasteiger partial charge in [-0.25, -0.2) is 4.79 Å². The van der Waals surface area contributed by atoms with Gasteiger partial charge in [0.1, 0.15) is 5.60 Å². The van der Waals surface area contributed by atoms with E-state index in [4.69, 9.17) is 13.9 Å². The minimum absolute atomic E-state index is 0.0448. The number of amides is 1. The lowest BCUT2D eigenvalue weighted by Crippen LogP contribution is -2.50. The molecule has 1 aliphatic rings. The molecule has 1 aliphatic heterocycles. The highest BCUT2D eigenvalue weighted by atomic mass is 28.4. The second-order valence-corrected chi connectivity index (χ2v) is 13.8. The van der Waals surface area contributed by atoms with Gasteiger partial charge in [-0.3, -0.25) is 0 Å². The van der Waals surface area contributed by atoms with Crippen LogP contribution >= 0.6 is 0 Å². The molecule has 0 aromatic rings. The molecular weight excluding hydrogens is 310 g/mol. The van der Waals surface area contributed by atoms with Gasteiger partial charge in [-0.1, -0.05) is 20.8 Å². The first-order valence-corrected chi connectivity index (χ1v) is 11.4. The summed E-state index contributed by atoms with van der Waals surface area (Å²) in [5, 5.41) is 3.17. The Hall–Kier alpha value is -0.593. The molecule has 1 amide bonds. The van der Waals surface area contributed by atoms with Gasteiger partial charge < -0.3 is 19.2 Å². The van der Waals surface area contributed by atoms with E-state index in [1.807, 2.05) is 20.8 Å². The molecule has 6 heteroatoms. The Morgan fingerprint density at radius 1 is 1.22 bits per heavy atom. The fraction of sp³-hybridized carbons (Fsp3) is 0.941. The molecule has 136 valence electrons. The number of alkyl carbamates (subject to hydrolysis) is 1. The summed E-state index contributed by atoms with van der Waals surface area (Å²) >= 11 is 0. The van der Waals surface area contributed by atoms with Gasteiger partial charge in [0.15, 0.2) is 8.32 Å². The van der Waals surface area contributed by atoms with Crippen LogP contribution in [-0.4, -0.2) is 45.9 Å². The van der Waals surface area contributed by atoms with Crippen LogP contribution < -0.4 is 5.32 Å². The predicted octanol–water partition coefficient (Wildman–Crippen LogP) is 3.94. The van der Waals surface area contributed by atoms with Gasteiger partial charge >= 0.3 is 6.09 Å². The Labute approximate surface area is 142 Å². The molecule has 0 spiro atoms. The first kappa shape index (κ1) is 20.5. The van der Waals surface area contributed by atoms with E-state index in [1.165, 1.54) is 0 Å². The largest absolute Gasteiger partial charge is 0.444 e. The summed E-state index contributed by atoms with van der Waals surface area (Å²) in [5.41, 5.74) is -0.484. The molecule has 23 heavy (non-hydrogen) atoms. The van der Waals surface area contributed by atoms with Crippen LogP contribution in [-0.2, 0) is 13.9 Å². The van der Waals surface area contributed by atoms with Gasteiger partial charge in [0.2, 0.25) is 0 Å². The van der Waals surface area contributed by atoms with Crippen molar-refractivity contribution in [1.82, 2.24) is 5.32 Å². The van der Waals surface area contributed by atoms with Gasteiger partial charge in [0.05, 0.1) is 6.61 Å². The molecule has 0 aliphatic carbocycles. The van der Waals surface area contributed by atoms with Crippen LogP contribution in [0, 0.1) is 5.92 Å². The third-order valence-corrected chi connectivity index (χ3v) is 9.14. The van der Waals surface area contributed by atoms with E-state index in [0.29, 0.717) is 19.8 Å². The molecule has 1 rings (SSSR count). The van der Waals surface area contributed by atoms with E-state index in [0.717, 1.165) is 6.42 Å². The van der Waals surface area contributed by atoms with Crippen molar-refractivity contribution in [2.45, 2.75) is 77.7 Å². The standard InChI is InChI=1S/C17H35NO4Si/c1-16(2,3)22-15(19)18-14-9-10-20-11-13(14)12-21-23(7,8)17(4,5)6/h13-14H,9-12H2,1-8H3,(H,18,19)/t13-,14+/m0/s1. The number of hydrogen-bond acceptors (Lipinski definition) is 4. The van der Waals surface area contributed by atoms with Gasteiger partial charge in [0, 0.05) is 25.2 Å². The molecular formula is C17H35NO4Si. The van der Waals surface area contributed by atoms with Crippen molar-refractivity contribution < 1.29 is 18.7 Å². The normalized spacial score (nSPS) is 23.5. The Morgan fingerprint density at radius 2 is 1.83 bits per heavy atom. The smallest absolute Gasteiger partial charge is 0.407 e. The summed E-state index contributed by atoms with van der Waals surface area (Å²) in [5.74, 6) is 0.172. The first-order chi connectivity index (χ1) is 10.3. The molecule has 0 unspecified atom stereocenters. The van der Waals surface area contributed by atoms with Gasteiger partial charge in [0.25, 0.3) is 0 Å². The van der Waals surface area contributed by atoms with Crippen molar-refractivity contribution in [3.8, 4) is 0 Å². The zero-order valence-corrected chi connectivity index (χ0v) is 17.1. The van der Waals surface area contributed by atoms with Crippen LogP contribution in [0.15, 0.2) is 0 Å². The summed E-state index contributed by atoms with van der Waals surface area (Å²) in [6.07, 6.45) is 0.437. The van der Waals surface area contributed by atoms with Crippen LogP contribution in [0.1, 0.15) is 48.0 Å². The van der Waals surface area contributed by atoms with Crippen molar-refractivity contribution in [3.05, 3.63) is 0 Å². The van der Waals surface area contributed by atoms with Crippen LogP contribution in [0.3, 0.4) is 0 Å². The summed E-state index contributed by atoms with van der Waals surface area (Å²) in [6, 6.07) is 0.0448. The van der Waals surface area contributed by atoms with Crippen LogP contribution in [0.25, 0.3) is 0 Å². The van der Waals surface area contributed by atoms with E-state index in [-0.39, 0.29) is 23.1 Å². The zero-order valence-electron chi connectivity index (χ0n) is 16.1. The summed E-state index contributed by atoms with van der Waals surface area (Å²) in [6.45, 7) is 18.7. The zero-order chi connectivity index (χ0) is 17.9. The molecule has 1 heterocycles. The molecule has 0 bridgehead atoms. The number of rotatable bonds is 4. The first-order valence-electron chi connectivity index (χ1n) is 8.53. The van der Waals surface area contributed by atoms with Gasteiger partial charge in [-0.15, -0.1) is 0 Å². The third kappa shape index (κ3) is 6.81. The maximum absolute atomic E-state index is 12.0. The fourth-order valence-corrected chi connectivity index (χ4v) is 3.21. The lowest BCUT2D eigenvalue weighted by Gasteiger charge is -2.39. The van der Waals surface area contributed by atoms with E-state index >= 15 is 0 Å². The molecule has 1 N–H and O–H groups in total. The molecule has 0 aromatic heterocycles. The minimum atomic E-state index is -1.80. The van der Waals surface area contributed by atoms with Gasteiger partial charge in [-0.05, 0) is 45.3 Å². The number of carbonyl (C=O) groups is 1. The highest BCUT2D eigenvalue weighted by molar-refractivity contribution is 6.74. The average molecular weight is 346 g/mol. The lowest BCUT2D eigenvalue weighted by atomic mass is 9.97. The Bertz CT molecular complexity index is 398. The fourth-order valence-electron chi connectivity index (χ4n) is 2.14. The average Bonchev–Trinajstić information content (AvgIpc) is 2.34. The van der Waals surface area contributed by atoms with Gasteiger partial charge in [-0.2, -0.15) is 0 Å². The second-order valence-electron chi connectivity index (χ2n) is 8.95. The van der Waals surface area contributed by atoms with Crippen molar-refractivity contribution in [1.29, 1.82) is 0 Å². The van der Waals surface area contributed by atoms with E-state index < -0.39 is 13.9 Å². The van der Waals surface area contributed by atoms with E-state index in [9.17, 15) is 4.79 Å². The maximum Gasteiger partial charge on any atom is 0.407 e. The molecule has 0 aromatic carbocycles. The quantitative estimate of drug-likeness (QED) is 0.784. The SMILES string of the molecule is CC(C)(C)OC(=O)N[C@@H]1CCOC[C@H]1CO[Si](C)(C)C(C)(C)C.